The summed E-state index contributed by atoms with van der Waals surface area (Å²) in [6.07, 6.45) is 1.10. The average Bonchev–Trinajstić information content (AvgIpc) is 3.05. The maximum atomic E-state index is 6.01. The normalized spacial score (nSPS) is 20.9. The fourth-order valence-electron chi connectivity index (χ4n) is 3.12. The first kappa shape index (κ1) is 15.9. The predicted octanol–water partition coefficient (Wildman–Crippen LogP) is 2.03. The monoisotopic (exact) mass is 316 g/mol. The molecular formula is C16H24N6O. The molecule has 2 atom stereocenters. The lowest BCUT2D eigenvalue weighted by molar-refractivity contribution is 0.0922. The number of aromatic nitrogens is 5. The van der Waals surface area contributed by atoms with E-state index in [1.807, 2.05) is 32.5 Å². The van der Waals surface area contributed by atoms with Gasteiger partial charge in [-0.15, -0.1) is 5.10 Å². The quantitative estimate of drug-likeness (QED) is 0.930. The third-order valence-corrected chi connectivity index (χ3v) is 4.68. The van der Waals surface area contributed by atoms with Gasteiger partial charge in [-0.25, -0.2) is 4.98 Å². The zero-order chi connectivity index (χ0) is 16.6. The predicted molar refractivity (Wildman–Crippen MR) is 87.3 cm³/mol. The van der Waals surface area contributed by atoms with Gasteiger partial charge in [0.05, 0.1) is 23.2 Å². The van der Waals surface area contributed by atoms with Crippen LogP contribution in [0.15, 0.2) is 0 Å². The van der Waals surface area contributed by atoms with Gasteiger partial charge in [-0.2, -0.15) is 10.2 Å². The molecule has 0 bridgehead atoms. The highest BCUT2D eigenvalue weighted by Crippen LogP contribution is 2.37. The Labute approximate surface area is 136 Å². The van der Waals surface area contributed by atoms with E-state index in [1.165, 1.54) is 11.3 Å². The molecule has 1 N–H and O–H groups in total. The SMILES string of the molecule is Cc1nnc(NC[C@H]2CCO[C@@H]2c2c(C)nn(C)c2C)nc1C. The van der Waals surface area contributed by atoms with Crippen LogP contribution < -0.4 is 5.32 Å². The number of hydrogen-bond acceptors (Lipinski definition) is 6. The van der Waals surface area contributed by atoms with Gasteiger partial charge in [-0.05, 0) is 34.1 Å². The van der Waals surface area contributed by atoms with E-state index in [1.54, 1.807) is 0 Å². The van der Waals surface area contributed by atoms with Crippen LogP contribution in [-0.2, 0) is 11.8 Å². The minimum absolute atomic E-state index is 0.0794. The standard InChI is InChI=1S/C16H24N6O/c1-9-10(2)19-20-16(18-9)17-8-13-6-7-23-15(13)14-11(3)21-22(5)12(14)4/h13,15H,6-8H2,1-5H3,(H,17,18,20)/t13-,15+/m1/s1. The van der Waals surface area contributed by atoms with Crippen LogP contribution in [0.25, 0.3) is 0 Å². The minimum Gasteiger partial charge on any atom is -0.373 e. The molecule has 1 fully saturated rings. The molecule has 7 nitrogen and oxygen atoms in total. The molecular weight excluding hydrogens is 292 g/mol. The van der Waals surface area contributed by atoms with Gasteiger partial charge in [0.1, 0.15) is 0 Å². The molecule has 1 aliphatic heterocycles. The zero-order valence-corrected chi connectivity index (χ0v) is 14.4. The summed E-state index contributed by atoms with van der Waals surface area (Å²) in [5.41, 5.74) is 5.20. The van der Waals surface area contributed by atoms with Gasteiger partial charge in [0.25, 0.3) is 0 Å². The lowest BCUT2D eigenvalue weighted by atomic mass is 9.94. The summed E-state index contributed by atoms with van der Waals surface area (Å²) < 4.78 is 7.93. The topological polar surface area (TPSA) is 77.8 Å². The Hall–Kier alpha value is -2.02. The Morgan fingerprint density at radius 2 is 1.91 bits per heavy atom. The molecule has 1 saturated heterocycles. The van der Waals surface area contributed by atoms with Crippen molar-refractivity contribution in [1.82, 2.24) is 25.0 Å². The van der Waals surface area contributed by atoms with Gasteiger partial charge in [0.15, 0.2) is 0 Å². The number of aryl methyl sites for hydroxylation is 4. The van der Waals surface area contributed by atoms with Crippen molar-refractivity contribution in [2.45, 2.75) is 40.2 Å². The van der Waals surface area contributed by atoms with Crippen molar-refractivity contribution in [2.75, 3.05) is 18.5 Å². The number of rotatable bonds is 4. The van der Waals surface area contributed by atoms with E-state index in [-0.39, 0.29) is 6.10 Å². The van der Waals surface area contributed by atoms with Crippen LogP contribution in [0.3, 0.4) is 0 Å². The molecule has 0 aromatic carbocycles. The van der Waals surface area contributed by atoms with Crippen molar-refractivity contribution in [3.8, 4) is 0 Å². The highest BCUT2D eigenvalue weighted by Gasteiger charge is 2.33. The molecule has 2 aromatic rings. The van der Waals surface area contributed by atoms with Crippen LogP contribution in [-0.4, -0.2) is 38.1 Å². The lowest BCUT2D eigenvalue weighted by Gasteiger charge is -2.19. The van der Waals surface area contributed by atoms with Crippen molar-refractivity contribution in [2.24, 2.45) is 13.0 Å². The second kappa shape index (κ2) is 6.23. The van der Waals surface area contributed by atoms with Crippen molar-refractivity contribution in [3.63, 3.8) is 0 Å². The van der Waals surface area contributed by atoms with E-state index in [0.717, 1.165) is 36.7 Å². The largest absolute Gasteiger partial charge is 0.373 e. The first-order valence-corrected chi connectivity index (χ1v) is 8.01. The molecule has 1 aliphatic rings. The Morgan fingerprint density at radius 3 is 2.57 bits per heavy atom. The zero-order valence-electron chi connectivity index (χ0n) is 14.4. The van der Waals surface area contributed by atoms with E-state index >= 15 is 0 Å². The van der Waals surface area contributed by atoms with Gasteiger partial charge in [-0.1, -0.05) is 0 Å². The third kappa shape index (κ3) is 3.06. The second-order valence-electron chi connectivity index (χ2n) is 6.24. The van der Waals surface area contributed by atoms with Crippen LogP contribution in [0.4, 0.5) is 5.95 Å². The number of nitrogens with one attached hydrogen (secondary N) is 1. The highest BCUT2D eigenvalue weighted by atomic mass is 16.5. The Balaban J connectivity index is 1.73. The molecule has 0 radical (unpaired) electrons. The van der Waals surface area contributed by atoms with E-state index in [0.29, 0.717) is 11.9 Å². The molecule has 0 saturated carbocycles. The molecule has 0 amide bonds. The molecule has 0 spiro atoms. The number of hydrogen-bond donors (Lipinski definition) is 1. The number of nitrogens with zero attached hydrogens (tertiary/aromatic N) is 5. The van der Waals surface area contributed by atoms with Gasteiger partial charge in [-0.3, -0.25) is 4.68 Å². The Bertz CT molecular complexity index is 711. The minimum atomic E-state index is 0.0794. The van der Waals surface area contributed by atoms with E-state index in [4.69, 9.17) is 4.74 Å². The molecule has 0 aliphatic carbocycles. The first-order chi connectivity index (χ1) is 11.0. The van der Waals surface area contributed by atoms with Gasteiger partial charge < -0.3 is 10.1 Å². The van der Waals surface area contributed by atoms with Crippen LogP contribution in [0.1, 0.15) is 40.9 Å². The van der Waals surface area contributed by atoms with Crippen molar-refractivity contribution < 1.29 is 4.74 Å². The van der Waals surface area contributed by atoms with Crippen LogP contribution in [0, 0.1) is 33.6 Å². The summed E-state index contributed by atoms with van der Waals surface area (Å²) >= 11 is 0. The van der Waals surface area contributed by atoms with Crippen molar-refractivity contribution in [3.05, 3.63) is 28.3 Å². The lowest BCUT2D eigenvalue weighted by Crippen LogP contribution is -2.20. The fourth-order valence-corrected chi connectivity index (χ4v) is 3.12. The molecule has 124 valence electrons. The molecule has 2 aromatic heterocycles. The summed E-state index contributed by atoms with van der Waals surface area (Å²) in [5, 5.41) is 16.0. The first-order valence-electron chi connectivity index (χ1n) is 8.01. The molecule has 3 heterocycles. The summed E-state index contributed by atoms with van der Waals surface area (Å²) in [5.74, 6) is 0.959. The maximum absolute atomic E-state index is 6.01. The molecule has 0 unspecified atom stereocenters. The molecule has 23 heavy (non-hydrogen) atoms. The van der Waals surface area contributed by atoms with Gasteiger partial charge in [0, 0.05) is 37.4 Å². The highest BCUT2D eigenvalue weighted by molar-refractivity contribution is 5.30. The summed E-state index contributed by atoms with van der Waals surface area (Å²) in [6, 6.07) is 0. The van der Waals surface area contributed by atoms with E-state index < -0.39 is 0 Å². The van der Waals surface area contributed by atoms with Crippen LogP contribution in [0.5, 0.6) is 0 Å². The smallest absolute Gasteiger partial charge is 0.242 e. The van der Waals surface area contributed by atoms with E-state index in [9.17, 15) is 0 Å². The van der Waals surface area contributed by atoms with Gasteiger partial charge in [0.2, 0.25) is 5.95 Å². The second-order valence-corrected chi connectivity index (χ2v) is 6.24. The van der Waals surface area contributed by atoms with E-state index in [2.05, 4.69) is 32.5 Å². The third-order valence-electron chi connectivity index (χ3n) is 4.68. The molecule has 7 heteroatoms. The summed E-state index contributed by atoms with van der Waals surface area (Å²) in [4.78, 5) is 4.43. The number of ether oxygens (including phenoxy) is 1. The van der Waals surface area contributed by atoms with Crippen molar-refractivity contribution in [1.29, 1.82) is 0 Å². The summed E-state index contributed by atoms with van der Waals surface area (Å²) in [7, 11) is 1.97. The molecule has 3 rings (SSSR count). The van der Waals surface area contributed by atoms with Gasteiger partial charge >= 0.3 is 0 Å². The van der Waals surface area contributed by atoms with Crippen LogP contribution in [0.2, 0.25) is 0 Å². The average molecular weight is 316 g/mol. The maximum Gasteiger partial charge on any atom is 0.242 e. The Morgan fingerprint density at radius 1 is 1.13 bits per heavy atom. The Kier molecular flexibility index (Phi) is 4.30. The van der Waals surface area contributed by atoms with Crippen molar-refractivity contribution >= 4 is 5.95 Å². The number of anilines is 1. The van der Waals surface area contributed by atoms with Crippen LogP contribution >= 0.6 is 0 Å². The summed E-state index contributed by atoms with van der Waals surface area (Å²) in [6.45, 7) is 9.54. The fraction of sp³-hybridized carbons (Fsp3) is 0.625.